The lowest BCUT2D eigenvalue weighted by Gasteiger charge is -2.31. The molecule has 0 spiro atoms. The highest BCUT2D eigenvalue weighted by atomic mass is 32.2. The maximum absolute atomic E-state index is 5.32. The molecule has 1 heterocycles. The van der Waals surface area contributed by atoms with Crippen LogP contribution in [0.25, 0.3) is 0 Å². The molecule has 0 aromatic rings. The number of hydrogen-bond acceptors (Lipinski definition) is 2. The third kappa shape index (κ3) is 3.69. The van der Waals surface area contributed by atoms with Crippen LogP contribution in [0.2, 0.25) is 0 Å². The summed E-state index contributed by atoms with van der Waals surface area (Å²) < 4.78 is 1.05. The van der Waals surface area contributed by atoms with Crippen molar-refractivity contribution >= 4 is 28.3 Å². The average Bonchev–Trinajstić information content (AvgIpc) is 2.15. The van der Waals surface area contributed by atoms with Crippen molar-refractivity contribution in [2.24, 2.45) is 5.92 Å². The number of thiocarbonyl (C=S) groups is 1. The van der Waals surface area contributed by atoms with E-state index in [-0.39, 0.29) is 0 Å². The molecule has 1 saturated heterocycles. The third-order valence-corrected chi connectivity index (χ3v) is 3.89. The van der Waals surface area contributed by atoms with Gasteiger partial charge in [-0.25, -0.2) is 0 Å². The van der Waals surface area contributed by atoms with Gasteiger partial charge in [0, 0.05) is 18.8 Å². The molecule has 13 heavy (non-hydrogen) atoms. The second-order valence-electron chi connectivity index (χ2n) is 3.54. The molecule has 1 aliphatic rings. The van der Waals surface area contributed by atoms with Gasteiger partial charge in [0.1, 0.15) is 4.32 Å². The monoisotopic (exact) mass is 215 g/mol. The molecule has 0 bridgehead atoms. The van der Waals surface area contributed by atoms with Crippen LogP contribution in [0.4, 0.5) is 0 Å². The molecule has 0 aromatic heterocycles. The minimum absolute atomic E-state index is 0.878. The fourth-order valence-corrected chi connectivity index (χ4v) is 2.42. The van der Waals surface area contributed by atoms with E-state index in [9.17, 15) is 0 Å². The highest BCUT2D eigenvalue weighted by molar-refractivity contribution is 8.23. The van der Waals surface area contributed by atoms with Gasteiger partial charge in [-0.15, -0.1) is 6.58 Å². The lowest BCUT2D eigenvalue weighted by molar-refractivity contribution is 0.287. The van der Waals surface area contributed by atoms with Crippen molar-refractivity contribution in [1.82, 2.24) is 4.90 Å². The normalized spacial score (nSPS) is 18.7. The van der Waals surface area contributed by atoms with Crippen LogP contribution in [0.5, 0.6) is 0 Å². The van der Waals surface area contributed by atoms with E-state index in [4.69, 9.17) is 12.2 Å². The smallest absolute Gasteiger partial charge is 0.136 e. The summed E-state index contributed by atoms with van der Waals surface area (Å²) in [4.78, 5) is 2.32. The number of thioether (sulfide) groups is 1. The van der Waals surface area contributed by atoms with Crippen molar-refractivity contribution in [1.29, 1.82) is 0 Å². The summed E-state index contributed by atoms with van der Waals surface area (Å²) in [5, 5.41) is 0. The van der Waals surface area contributed by atoms with Crippen LogP contribution in [0.1, 0.15) is 19.8 Å². The van der Waals surface area contributed by atoms with Gasteiger partial charge in [0.2, 0.25) is 0 Å². The van der Waals surface area contributed by atoms with Gasteiger partial charge in [-0.1, -0.05) is 37.0 Å². The number of likely N-dealkylation sites (tertiary alicyclic amines) is 1. The highest BCUT2D eigenvalue weighted by Gasteiger charge is 2.17. The summed E-state index contributed by atoms with van der Waals surface area (Å²) in [5.74, 6) is 1.81. The summed E-state index contributed by atoms with van der Waals surface area (Å²) in [6.45, 7) is 8.29. The van der Waals surface area contributed by atoms with Crippen molar-refractivity contribution in [3.8, 4) is 0 Å². The molecule has 0 N–H and O–H groups in total. The van der Waals surface area contributed by atoms with Gasteiger partial charge in [-0.2, -0.15) is 0 Å². The Kier molecular flexibility index (Phi) is 4.81. The second kappa shape index (κ2) is 5.66. The molecule has 1 fully saturated rings. The van der Waals surface area contributed by atoms with Gasteiger partial charge in [0.05, 0.1) is 0 Å². The topological polar surface area (TPSA) is 3.24 Å². The van der Waals surface area contributed by atoms with Gasteiger partial charge in [0.15, 0.2) is 0 Å². The first-order valence-corrected chi connectivity index (χ1v) is 6.16. The van der Waals surface area contributed by atoms with Crippen LogP contribution >= 0.6 is 24.0 Å². The quantitative estimate of drug-likeness (QED) is 0.515. The molecule has 0 amide bonds. The Balaban J connectivity index is 2.27. The first kappa shape index (κ1) is 11.1. The van der Waals surface area contributed by atoms with E-state index in [2.05, 4.69) is 18.4 Å². The van der Waals surface area contributed by atoms with Gasteiger partial charge < -0.3 is 4.90 Å². The molecule has 1 aliphatic heterocycles. The standard InChI is InChI=1S/C10H17NS2/c1-3-8-13-10(12)11-6-4-9(2)5-7-11/h3,9H,1,4-8H2,2H3. The Bertz CT molecular complexity index is 183. The highest BCUT2D eigenvalue weighted by Crippen LogP contribution is 2.19. The van der Waals surface area contributed by atoms with Gasteiger partial charge in [-0.3, -0.25) is 0 Å². The Labute approximate surface area is 90.6 Å². The number of piperidine rings is 1. The molecule has 0 saturated carbocycles. The van der Waals surface area contributed by atoms with Crippen LogP contribution in [-0.2, 0) is 0 Å². The first-order chi connectivity index (χ1) is 6.24. The lowest BCUT2D eigenvalue weighted by Crippen LogP contribution is -2.35. The van der Waals surface area contributed by atoms with Crippen molar-refractivity contribution in [3.05, 3.63) is 12.7 Å². The van der Waals surface area contributed by atoms with Gasteiger partial charge in [-0.05, 0) is 18.8 Å². The number of hydrogen-bond donors (Lipinski definition) is 0. The summed E-state index contributed by atoms with van der Waals surface area (Å²) in [6.07, 6.45) is 4.48. The number of nitrogens with zero attached hydrogens (tertiary/aromatic N) is 1. The maximum atomic E-state index is 5.32. The van der Waals surface area contributed by atoms with Crippen LogP contribution in [0, 0.1) is 5.92 Å². The molecule has 0 radical (unpaired) electrons. The molecule has 74 valence electrons. The Hall–Kier alpha value is -0.0200. The van der Waals surface area contributed by atoms with Gasteiger partial charge in [0.25, 0.3) is 0 Å². The van der Waals surface area contributed by atoms with E-state index in [1.54, 1.807) is 11.8 Å². The zero-order valence-electron chi connectivity index (χ0n) is 8.16. The zero-order chi connectivity index (χ0) is 9.68. The zero-order valence-corrected chi connectivity index (χ0v) is 9.79. The lowest BCUT2D eigenvalue weighted by atomic mass is 10.00. The predicted octanol–water partition coefficient (Wildman–Crippen LogP) is 2.92. The fraction of sp³-hybridized carbons (Fsp3) is 0.700. The molecule has 0 aromatic carbocycles. The third-order valence-electron chi connectivity index (χ3n) is 2.37. The molecule has 3 heteroatoms. The fourth-order valence-electron chi connectivity index (χ4n) is 1.41. The van der Waals surface area contributed by atoms with Crippen LogP contribution < -0.4 is 0 Å². The SMILES string of the molecule is C=CCSC(=S)N1CCC(C)CC1. The maximum Gasteiger partial charge on any atom is 0.136 e. The molecule has 0 atom stereocenters. The van der Waals surface area contributed by atoms with Crippen molar-refractivity contribution < 1.29 is 0 Å². The molecular formula is C10H17NS2. The summed E-state index contributed by atoms with van der Waals surface area (Å²) in [6, 6.07) is 0. The average molecular weight is 215 g/mol. The van der Waals surface area contributed by atoms with E-state index in [1.807, 2.05) is 6.08 Å². The van der Waals surface area contributed by atoms with Crippen molar-refractivity contribution in [2.45, 2.75) is 19.8 Å². The molecule has 1 nitrogen and oxygen atoms in total. The number of rotatable bonds is 2. The molecular weight excluding hydrogens is 198 g/mol. The van der Waals surface area contributed by atoms with E-state index in [0.29, 0.717) is 0 Å². The predicted molar refractivity (Wildman–Crippen MR) is 65.2 cm³/mol. The Morgan fingerprint density at radius 1 is 1.62 bits per heavy atom. The van der Waals surface area contributed by atoms with Crippen LogP contribution in [0.15, 0.2) is 12.7 Å². The molecule has 0 aliphatic carbocycles. The Morgan fingerprint density at radius 3 is 2.77 bits per heavy atom. The second-order valence-corrected chi connectivity index (χ2v) is 5.19. The minimum Gasteiger partial charge on any atom is -0.357 e. The Morgan fingerprint density at radius 2 is 2.23 bits per heavy atom. The van der Waals surface area contributed by atoms with E-state index in [1.165, 1.54) is 12.8 Å². The minimum atomic E-state index is 0.878. The summed E-state index contributed by atoms with van der Waals surface area (Å²) >= 11 is 7.04. The molecule has 1 rings (SSSR count). The summed E-state index contributed by atoms with van der Waals surface area (Å²) in [7, 11) is 0. The van der Waals surface area contributed by atoms with Crippen LogP contribution in [0.3, 0.4) is 0 Å². The first-order valence-electron chi connectivity index (χ1n) is 4.76. The summed E-state index contributed by atoms with van der Waals surface area (Å²) in [5.41, 5.74) is 0. The van der Waals surface area contributed by atoms with Crippen LogP contribution in [-0.4, -0.2) is 28.1 Å². The van der Waals surface area contributed by atoms with E-state index >= 15 is 0 Å². The van der Waals surface area contributed by atoms with Crippen molar-refractivity contribution in [3.63, 3.8) is 0 Å². The van der Waals surface area contributed by atoms with E-state index < -0.39 is 0 Å². The molecule has 0 unspecified atom stereocenters. The van der Waals surface area contributed by atoms with Gasteiger partial charge >= 0.3 is 0 Å². The van der Waals surface area contributed by atoms with E-state index in [0.717, 1.165) is 29.1 Å². The largest absolute Gasteiger partial charge is 0.357 e. The van der Waals surface area contributed by atoms with Crippen molar-refractivity contribution in [2.75, 3.05) is 18.8 Å².